The van der Waals surface area contributed by atoms with Crippen LogP contribution in [0.1, 0.15) is 46.5 Å². The van der Waals surface area contributed by atoms with Gasteiger partial charge in [-0.15, -0.1) is 0 Å². The molecule has 0 saturated carbocycles. The molecule has 3 aromatic rings. The first kappa shape index (κ1) is 21.2. The van der Waals surface area contributed by atoms with Crippen LogP contribution in [-0.4, -0.2) is 32.4 Å². The SMILES string of the molecule is CC(Oc1ccc(Cl)cc1)c1nc2ccccc2n1CC(=O)N(C(C)C)C(C)C. The predicted octanol–water partition coefficient (Wildman–Crippen LogP) is 5.48. The van der Waals surface area contributed by atoms with Crippen LogP contribution < -0.4 is 4.74 Å². The minimum absolute atomic E-state index is 0.0677. The monoisotopic (exact) mass is 413 g/mol. The number of fused-ring (bicyclic) bond motifs is 1. The van der Waals surface area contributed by atoms with E-state index in [-0.39, 0.29) is 30.6 Å². The van der Waals surface area contributed by atoms with Crippen molar-refractivity contribution in [2.75, 3.05) is 0 Å². The lowest BCUT2D eigenvalue weighted by molar-refractivity contribution is -0.135. The molecule has 1 aromatic heterocycles. The lowest BCUT2D eigenvalue weighted by Gasteiger charge is -2.31. The summed E-state index contributed by atoms with van der Waals surface area (Å²) in [5.74, 6) is 1.50. The first-order chi connectivity index (χ1) is 13.8. The molecule has 0 saturated heterocycles. The van der Waals surface area contributed by atoms with Gasteiger partial charge >= 0.3 is 0 Å². The van der Waals surface area contributed by atoms with Gasteiger partial charge in [-0.3, -0.25) is 4.79 Å². The molecular weight excluding hydrogens is 386 g/mol. The van der Waals surface area contributed by atoms with E-state index < -0.39 is 0 Å². The number of rotatable bonds is 7. The van der Waals surface area contributed by atoms with Crippen LogP contribution in [0.2, 0.25) is 5.02 Å². The molecule has 154 valence electrons. The number of para-hydroxylation sites is 2. The Kier molecular flexibility index (Phi) is 6.48. The summed E-state index contributed by atoms with van der Waals surface area (Å²) >= 11 is 5.97. The summed E-state index contributed by atoms with van der Waals surface area (Å²) in [5, 5.41) is 0.658. The van der Waals surface area contributed by atoms with Crippen molar-refractivity contribution >= 4 is 28.5 Å². The van der Waals surface area contributed by atoms with E-state index in [1.54, 1.807) is 12.1 Å². The van der Waals surface area contributed by atoms with E-state index in [2.05, 4.69) is 0 Å². The van der Waals surface area contributed by atoms with Gasteiger partial charge in [0.25, 0.3) is 0 Å². The van der Waals surface area contributed by atoms with Crippen molar-refractivity contribution in [2.45, 2.75) is 59.4 Å². The van der Waals surface area contributed by atoms with E-state index in [1.165, 1.54) is 0 Å². The number of ether oxygens (including phenoxy) is 1. The highest BCUT2D eigenvalue weighted by molar-refractivity contribution is 6.30. The van der Waals surface area contributed by atoms with Crippen molar-refractivity contribution in [3.05, 3.63) is 59.4 Å². The zero-order chi connectivity index (χ0) is 21.1. The molecule has 0 fully saturated rings. The topological polar surface area (TPSA) is 47.4 Å². The molecule has 0 bridgehead atoms. The van der Waals surface area contributed by atoms with Gasteiger partial charge in [-0.05, 0) is 71.0 Å². The lowest BCUT2D eigenvalue weighted by Crippen LogP contribution is -2.44. The zero-order valence-corrected chi connectivity index (χ0v) is 18.3. The Morgan fingerprint density at radius 1 is 1.03 bits per heavy atom. The molecule has 1 atom stereocenters. The van der Waals surface area contributed by atoms with E-state index >= 15 is 0 Å². The summed E-state index contributed by atoms with van der Waals surface area (Å²) in [4.78, 5) is 19.8. The normalized spacial score (nSPS) is 12.6. The molecule has 29 heavy (non-hydrogen) atoms. The first-order valence-corrected chi connectivity index (χ1v) is 10.3. The Bertz CT molecular complexity index is 971. The number of carbonyl (C=O) groups is 1. The Hall–Kier alpha value is -2.53. The van der Waals surface area contributed by atoms with Gasteiger partial charge in [-0.2, -0.15) is 0 Å². The average molecular weight is 414 g/mol. The van der Waals surface area contributed by atoms with Crippen LogP contribution >= 0.6 is 11.6 Å². The highest BCUT2D eigenvalue weighted by Crippen LogP contribution is 2.26. The van der Waals surface area contributed by atoms with Crippen molar-refractivity contribution in [3.8, 4) is 5.75 Å². The van der Waals surface area contributed by atoms with Crippen LogP contribution in [0.4, 0.5) is 0 Å². The molecule has 1 amide bonds. The molecule has 1 heterocycles. The van der Waals surface area contributed by atoms with Crippen LogP contribution in [0.15, 0.2) is 48.5 Å². The Balaban J connectivity index is 1.95. The van der Waals surface area contributed by atoms with Gasteiger partial charge in [0.15, 0.2) is 11.9 Å². The third-order valence-electron chi connectivity index (χ3n) is 4.87. The highest BCUT2D eigenvalue weighted by Gasteiger charge is 2.24. The molecular formula is C23H28ClN3O2. The fourth-order valence-electron chi connectivity index (χ4n) is 3.73. The summed E-state index contributed by atoms with van der Waals surface area (Å²) in [6.07, 6.45) is -0.331. The van der Waals surface area contributed by atoms with Crippen LogP contribution in [0, 0.1) is 0 Å². The van der Waals surface area contributed by atoms with Gasteiger partial charge < -0.3 is 14.2 Å². The number of halogens is 1. The van der Waals surface area contributed by atoms with E-state index in [9.17, 15) is 4.79 Å². The predicted molar refractivity (Wildman–Crippen MR) is 117 cm³/mol. The van der Waals surface area contributed by atoms with Crippen LogP contribution in [-0.2, 0) is 11.3 Å². The Morgan fingerprint density at radius 2 is 1.66 bits per heavy atom. The molecule has 0 radical (unpaired) electrons. The standard InChI is InChI=1S/C23H28ClN3O2/c1-15(2)27(16(3)4)22(28)14-26-21-9-7-6-8-20(21)25-23(26)17(5)29-19-12-10-18(24)11-13-19/h6-13,15-17H,14H2,1-5H3. The van der Waals surface area contributed by atoms with Crippen molar-refractivity contribution in [1.82, 2.24) is 14.5 Å². The molecule has 0 aliphatic carbocycles. The molecule has 0 spiro atoms. The Morgan fingerprint density at radius 3 is 2.28 bits per heavy atom. The smallest absolute Gasteiger partial charge is 0.243 e. The molecule has 1 unspecified atom stereocenters. The Labute approximate surface area is 177 Å². The van der Waals surface area contributed by atoms with E-state index in [4.69, 9.17) is 21.3 Å². The largest absolute Gasteiger partial charge is 0.483 e. The van der Waals surface area contributed by atoms with Gasteiger partial charge in [0, 0.05) is 17.1 Å². The second kappa shape index (κ2) is 8.87. The quantitative estimate of drug-likeness (QED) is 0.515. The zero-order valence-electron chi connectivity index (χ0n) is 17.6. The number of hydrogen-bond donors (Lipinski definition) is 0. The van der Waals surface area contributed by atoms with E-state index in [1.807, 2.05) is 80.5 Å². The summed E-state index contributed by atoms with van der Waals surface area (Å²) < 4.78 is 8.06. The number of imidazole rings is 1. The number of hydrogen-bond acceptors (Lipinski definition) is 3. The number of aromatic nitrogens is 2. The van der Waals surface area contributed by atoms with Crippen LogP contribution in [0.25, 0.3) is 11.0 Å². The number of nitrogens with zero attached hydrogens (tertiary/aromatic N) is 3. The lowest BCUT2D eigenvalue weighted by atomic mass is 10.2. The van der Waals surface area contributed by atoms with Crippen LogP contribution in [0.3, 0.4) is 0 Å². The number of amides is 1. The van der Waals surface area contributed by atoms with Crippen molar-refractivity contribution in [1.29, 1.82) is 0 Å². The molecule has 6 heteroatoms. The van der Waals surface area contributed by atoms with Crippen molar-refractivity contribution in [2.24, 2.45) is 0 Å². The van der Waals surface area contributed by atoms with Crippen LogP contribution in [0.5, 0.6) is 5.75 Å². The molecule has 2 aromatic carbocycles. The summed E-state index contributed by atoms with van der Waals surface area (Å²) in [5.41, 5.74) is 1.78. The maximum atomic E-state index is 13.1. The second-order valence-electron chi connectivity index (χ2n) is 7.75. The average Bonchev–Trinajstić information content (AvgIpc) is 3.01. The molecule has 0 N–H and O–H groups in total. The highest BCUT2D eigenvalue weighted by atomic mass is 35.5. The number of carbonyl (C=O) groups excluding carboxylic acids is 1. The van der Waals surface area contributed by atoms with Gasteiger partial charge in [0.1, 0.15) is 12.3 Å². The minimum atomic E-state index is -0.331. The molecule has 5 nitrogen and oxygen atoms in total. The van der Waals surface area contributed by atoms with Crippen molar-refractivity contribution < 1.29 is 9.53 Å². The van der Waals surface area contributed by atoms with Gasteiger partial charge in [-0.1, -0.05) is 23.7 Å². The molecule has 3 rings (SSSR count). The summed E-state index contributed by atoms with van der Waals surface area (Å²) in [6, 6.07) is 15.4. The third-order valence-corrected chi connectivity index (χ3v) is 5.12. The molecule has 0 aliphatic rings. The number of benzene rings is 2. The van der Waals surface area contributed by atoms with Gasteiger partial charge in [-0.25, -0.2) is 4.98 Å². The molecule has 0 aliphatic heterocycles. The summed E-state index contributed by atoms with van der Waals surface area (Å²) in [7, 11) is 0. The maximum Gasteiger partial charge on any atom is 0.243 e. The summed E-state index contributed by atoms with van der Waals surface area (Å²) in [6.45, 7) is 10.3. The van der Waals surface area contributed by atoms with Crippen molar-refractivity contribution in [3.63, 3.8) is 0 Å². The van der Waals surface area contributed by atoms with Gasteiger partial charge in [0.2, 0.25) is 5.91 Å². The fourth-order valence-corrected chi connectivity index (χ4v) is 3.86. The van der Waals surface area contributed by atoms with Gasteiger partial charge in [0.05, 0.1) is 11.0 Å². The van der Waals surface area contributed by atoms with E-state index in [0.717, 1.165) is 16.9 Å². The minimum Gasteiger partial charge on any atom is -0.483 e. The first-order valence-electron chi connectivity index (χ1n) is 9.96. The van der Waals surface area contributed by atoms with E-state index in [0.29, 0.717) is 10.8 Å². The third kappa shape index (κ3) is 4.73. The second-order valence-corrected chi connectivity index (χ2v) is 8.18. The fraction of sp³-hybridized carbons (Fsp3) is 0.391. The maximum absolute atomic E-state index is 13.1.